The number of carboxylic acids is 1. The fourth-order valence-corrected chi connectivity index (χ4v) is 1.65. The van der Waals surface area contributed by atoms with Crippen LogP contribution in [0.5, 0.6) is 0 Å². The SMILES string of the molecule is Cc1ccc([N+](=O)[O-])c(N(CC(=O)O)CC(F)(F)F)c1. The van der Waals surface area contributed by atoms with E-state index in [9.17, 15) is 28.1 Å². The van der Waals surface area contributed by atoms with E-state index >= 15 is 0 Å². The van der Waals surface area contributed by atoms with Crippen molar-refractivity contribution >= 4 is 17.3 Å². The van der Waals surface area contributed by atoms with E-state index in [1.807, 2.05) is 0 Å². The number of alkyl halides is 3. The molecule has 0 aromatic heterocycles. The zero-order valence-corrected chi connectivity index (χ0v) is 10.3. The van der Waals surface area contributed by atoms with Crippen molar-refractivity contribution in [3.05, 3.63) is 33.9 Å². The van der Waals surface area contributed by atoms with E-state index in [0.717, 1.165) is 12.1 Å². The second-order valence-corrected chi connectivity index (χ2v) is 4.11. The van der Waals surface area contributed by atoms with Crippen LogP contribution in [-0.2, 0) is 4.79 Å². The average molecular weight is 292 g/mol. The lowest BCUT2D eigenvalue weighted by atomic mass is 10.1. The summed E-state index contributed by atoms with van der Waals surface area (Å²) in [6.07, 6.45) is -4.67. The van der Waals surface area contributed by atoms with Crippen LogP contribution in [0.3, 0.4) is 0 Å². The van der Waals surface area contributed by atoms with Crippen molar-refractivity contribution in [2.45, 2.75) is 13.1 Å². The number of anilines is 1. The Kier molecular flexibility index (Phi) is 4.53. The Balaban J connectivity index is 3.28. The molecule has 0 heterocycles. The Hall–Kier alpha value is -2.32. The van der Waals surface area contributed by atoms with E-state index in [1.54, 1.807) is 6.92 Å². The van der Waals surface area contributed by atoms with Crippen LogP contribution in [0.25, 0.3) is 0 Å². The van der Waals surface area contributed by atoms with Gasteiger partial charge < -0.3 is 10.0 Å². The van der Waals surface area contributed by atoms with Crippen molar-refractivity contribution in [1.82, 2.24) is 0 Å². The molecule has 0 unspecified atom stereocenters. The summed E-state index contributed by atoms with van der Waals surface area (Å²) in [6, 6.07) is 3.58. The molecule has 0 aliphatic heterocycles. The van der Waals surface area contributed by atoms with Crippen LogP contribution in [0.4, 0.5) is 24.5 Å². The third-order valence-corrected chi connectivity index (χ3v) is 2.36. The third kappa shape index (κ3) is 4.41. The molecule has 20 heavy (non-hydrogen) atoms. The fraction of sp³-hybridized carbons (Fsp3) is 0.364. The van der Waals surface area contributed by atoms with Crippen LogP contribution < -0.4 is 4.90 Å². The molecule has 0 aliphatic rings. The highest BCUT2D eigenvalue weighted by Gasteiger charge is 2.34. The van der Waals surface area contributed by atoms with Gasteiger partial charge in [0.15, 0.2) is 0 Å². The van der Waals surface area contributed by atoms with E-state index < -0.39 is 35.8 Å². The highest BCUT2D eigenvalue weighted by molar-refractivity contribution is 5.76. The first-order valence-corrected chi connectivity index (χ1v) is 5.38. The molecule has 0 spiro atoms. The van der Waals surface area contributed by atoms with Gasteiger partial charge in [-0.15, -0.1) is 0 Å². The zero-order chi connectivity index (χ0) is 15.5. The molecular weight excluding hydrogens is 281 g/mol. The third-order valence-electron chi connectivity index (χ3n) is 2.36. The second-order valence-electron chi connectivity index (χ2n) is 4.11. The number of nitrogens with zero attached hydrogens (tertiary/aromatic N) is 2. The summed E-state index contributed by atoms with van der Waals surface area (Å²) in [5.41, 5.74) is -0.445. The highest BCUT2D eigenvalue weighted by atomic mass is 19.4. The minimum Gasteiger partial charge on any atom is -0.480 e. The lowest BCUT2D eigenvalue weighted by Crippen LogP contribution is -2.38. The number of nitro benzene ring substituents is 1. The average Bonchev–Trinajstić information content (AvgIpc) is 2.24. The van der Waals surface area contributed by atoms with Gasteiger partial charge in [-0.3, -0.25) is 14.9 Å². The standard InChI is InChI=1S/C11H11F3N2O4/c1-7-2-3-8(16(19)20)9(4-7)15(5-10(17)18)6-11(12,13)14/h2-4H,5-6H2,1H3,(H,17,18). The van der Waals surface area contributed by atoms with Crippen LogP contribution in [0.2, 0.25) is 0 Å². The molecule has 0 bridgehead atoms. The van der Waals surface area contributed by atoms with Crippen molar-refractivity contribution in [2.24, 2.45) is 0 Å². The molecule has 110 valence electrons. The second kappa shape index (κ2) is 5.76. The number of hydrogen-bond acceptors (Lipinski definition) is 4. The van der Waals surface area contributed by atoms with Crippen molar-refractivity contribution in [3.8, 4) is 0 Å². The van der Waals surface area contributed by atoms with Gasteiger partial charge in [-0.2, -0.15) is 13.2 Å². The maximum Gasteiger partial charge on any atom is 0.405 e. The smallest absolute Gasteiger partial charge is 0.405 e. The molecule has 6 nitrogen and oxygen atoms in total. The van der Waals surface area contributed by atoms with E-state index in [-0.39, 0.29) is 5.69 Å². The van der Waals surface area contributed by atoms with Gasteiger partial charge in [0.25, 0.3) is 5.69 Å². The quantitative estimate of drug-likeness (QED) is 0.665. The monoisotopic (exact) mass is 292 g/mol. The van der Waals surface area contributed by atoms with Crippen LogP contribution >= 0.6 is 0 Å². The van der Waals surface area contributed by atoms with Crippen LogP contribution in [-0.4, -0.2) is 35.3 Å². The zero-order valence-electron chi connectivity index (χ0n) is 10.3. The van der Waals surface area contributed by atoms with Crippen LogP contribution in [0.15, 0.2) is 18.2 Å². The van der Waals surface area contributed by atoms with E-state index in [1.165, 1.54) is 6.07 Å². The molecule has 1 rings (SSSR count). The molecule has 0 atom stereocenters. The first kappa shape index (κ1) is 15.7. The summed E-state index contributed by atoms with van der Waals surface area (Å²) in [6.45, 7) is -1.02. The summed E-state index contributed by atoms with van der Waals surface area (Å²) >= 11 is 0. The van der Waals surface area contributed by atoms with E-state index in [0.29, 0.717) is 10.5 Å². The van der Waals surface area contributed by atoms with Crippen molar-refractivity contribution in [1.29, 1.82) is 0 Å². The first-order valence-electron chi connectivity index (χ1n) is 5.38. The van der Waals surface area contributed by atoms with E-state index in [4.69, 9.17) is 5.11 Å². The first-order chi connectivity index (χ1) is 9.10. The lowest BCUT2D eigenvalue weighted by Gasteiger charge is -2.24. The highest BCUT2D eigenvalue weighted by Crippen LogP contribution is 2.31. The molecule has 0 radical (unpaired) electrons. The molecular formula is C11H11F3N2O4. The minimum absolute atomic E-state index is 0.366. The number of nitro groups is 1. The van der Waals surface area contributed by atoms with E-state index in [2.05, 4.69) is 0 Å². The van der Waals surface area contributed by atoms with Crippen LogP contribution in [0.1, 0.15) is 5.56 Å². The number of carboxylic acid groups (broad SMARTS) is 1. The Morgan fingerprint density at radius 3 is 2.50 bits per heavy atom. The normalized spacial score (nSPS) is 11.2. The van der Waals surface area contributed by atoms with Gasteiger partial charge in [-0.1, -0.05) is 6.07 Å². The molecule has 1 N–H and O–H groups in total. The predicted molar refractivity (Wildman–Crippen MR) is 63.7 cm³/mol. The fourth-order valence-electron chi connectivity index (χ4n) is 1.65. The minimum atomic E-state index is -4.67. The van der Waals surface area contributed by atoms with Gasteiger partial charge in [-0.05, 0) is 18.6 Å². The van der Waals surface area contributed by atoms with Gasteiger partial charge in [0.1, 0.15) is 18.8 Å². The molecule has 0 saturated carbocycles. The van der Waals surface area contributed by atoms with Gasteiger partial charge in [0.2, 0.25) is 0 Å². The summed E-state index contributed by atoms with van der Waals surface area (Å²) in [4.78, 5) is 21.1. The largest absolute Gasteiger partial charge is 0.480 e. The molecule has 1 aromatic rings. The number of aliphatic carboxylic acids is 1. The lowest BCUT2D eigenvalue weighted by molar-refractivity contribution is -0.384. The Labute approximate surface area is 111 Å². The van der Waals surface area contributed by atoms with Crippen molar-refractivity contribution < 1.29 is 28.0 Å². The molecule has 0 saturated heterocycles. The maximum absolute atomic E-state index is 12.5. The number of aryl methyl sites for hydroxylation is 1. The molecule has 0 aliphatic carbocycles. The number of hydrogen-bond donors (Lipinski definition) is 1. The summed E-state index contributed by atoms with van der Waals surface area (Å²) < 4.78 is 37.4. The Bertz CT molecular complexity index is 531. The van der Waals surface area contributed by atoms with Gasteiger partial charge in [0.05, 0.1) is 4.92 Å². The summed E-state index contributed by atoms with van der Waals surface area (Å²) in [5.74, 6) is -1.51. The van der Waals surface area contributed by atoms with Gasteiger partial charge in [-0.25, -0.2) is 0 Å². The summed E-state index contributed by atoms with van der Waals surface area (Å²) in [7, 11) is 0. The Morgan fingerprint density at radius 2 is 2.05 bits per heavy atom. The number of carbonyl (C=O) groups is 1. The molecule has 0 amide bonds. The maximum atomic E-state index is 12.5. The number of rotatable bonds is 5. The Morgan fingerprint density at radius 1 is 1.45 bits per heavy atom. The number of benzene rings is 1. The number of halogens is 3. The van der Waals surface area contributed by atoms with Crippen molar-refractivity contribution in [2.75, 3.05) is 18.0 Å². The van der Waals surface area contributed by atoms with Crippen LogP contribution in [0, 0.1) is 17.0 Å². The van der Waals surface area contributed by atoms with Crippen molar-refractivity contribution in [3.63, 3.8) is 0 Å². The molecule has 1 aromatic carbocycles. The summed E-state index contributed by atoms with van der Waals surface area (Å²) in [5, 5.41) is 19.5. The van der Waals surface area contributed by atoms with Gasteiger partial charge in [0, 0.05) is 6.07 Å². The molecule has 9 heteroatoms. The predicted octanol–water partition coefficient (Wildman–Crippen LogP) is 2.36. The van der Waals surface area contributed by atoms with Gasteiger partial charge >= 0.3 is 12.1 Å². The molecule has 0 fully saturated rings. The topological polar surface area (TPSA) is 83.7 Å².